The number of anilines is 1. The number of carbonyl (C=O) groups is 1. The number of nitrogens with zero attached hydrogens (tertiary/aromatic N) is 3. The lowest BCUT2D eigenvalue weighted by atomic mass is 10.2. The summed E-state index contributed by atoms with van der Waals surface area (Å²) in [5, 5.41) is 3.63. The molecule has 0 aromatic carbocycles. The van der Waals surface area contributed by atoms with Crippen molar-refractivity contribution in [2.24, 2.45) is 0 Å². The van der Waals surface area contributed by atoms with Crippen LogP contribution in [-0.4, -0.2) is 40.1 Å². The number of thiazole rings is 1. The van der Waals surface area contributed by atoms with E-state index < -0.39 is 0 Å². The molecule has 22 heavy (non-hydrogen) atoms. The summed E-state index contributed by atoms with van der Waals surface area (Å²) in [6, 6.07) is 5.82. The van der Waals surface area contributed by atoms with E-state index in [0.717, 1.165) is 41.8 Å². The molecule has 2 aromatic heterocycles. The predicted octanol–water partition coefficient (Wildman–Crippen LogP) is 2.40. The number of hydrogen-bond acceptors (Lipinski definition) is 6. The number of fused-ring (bicyclic) bond motifs is 1. The smallest absolute Gasteiger partial charge is 0.236 e. The Morgan fingerprint density at radius 3 is 3.23 bits per heavy atom. The van der Waals surface area contributed by atoms with Gasteiger partial charge in [0, 0.05) is 36.3 Å². The van der Waals surface area contributed by atoms with Gasteiger partial charge in [-0.3, -0.25) is 9.78 Å². The van der Waals surface area contributed by atoms with Crippen LogP contribution in [-0.2, 0) is 23.5 Å². The lowest BCUT2D eigenvalue weighted by Gasteiger charge is -2.20. The van der Waals surface area contributed by atoms with Gasteiger partial charge in [0.05, 0.1) is 17.1 Å². The number of nitrogens with one attached hydrogen (secondary N) is 1. The van der Waals surface area contributed by atoms with Gasteiger partial charge in [-0.15, -0.1) is 23.1 Å². The van der Waals surface area contributed by atoms with Gasteiger partial charge in [-0.05, 0) is 19.2 Å². The number of hydrogen-bond donors (Lipinski definition) is 1. The number of carbonyl (C=O) groups excluding carboxylic acids is 1. The summed E-state index contributed by atoms with van der Waals surface area (Å²) < 4.78 is 0. The first-order valence-corrected chi connectivity index (χ1v) is 9.12. The lowest BCUT2D eigenvalue weighted by molar-refractivity contribution is -0.113. The first-order valence-electron chi connectivity index (χ1n) is 7.15. The molecule has 1 aliphatic rings. The Bertz CT molecular complexity index is 644. The van der Waals surface area contributed by atoms with Crippen LogP contribution in [0.25, 0.3) is 0 Å². The molecule has 0 spiro atoms. The van der Waals surface area contributed by atoms with Crippen LogP contribution in [0.5, 0.6) is 0 Å². The molecule has 0 saturated heterocycles. The third-order valence-corrected chi connectivity index (χ3v) is 5.34. The Morgan fingerprint density at radius 2 is 2.41 bits per heavy atom. The Kier molecular flexibility index (Phi) is 5.07. The second-order valence-corrected chi connectivity index (χ2v) is 7.31. The molecule has 0 unspecified atom stereocenters. The Balaban J connectivity index is 1.48. The van der Waals surface area contributed by atoms with Gasteiger partial charge in [-0.1, -0.05) is 6.07 Å². The van der Waals surface area contributed by atoms with Crippen LogP contribution in [0.3, 0.4) is 0 Å². The quantitative estimate of drug-likeness (QED) is 0.910. The van der Waals surface area contributed by atoms with E-state index >= 15 is 0 Å². The minimum Gasteiger partial charge on any atom is -0.301 e. The maximum absolute atomic E-state index is 12.0. The second-order valence-electron chi connectivity index (χ2n) is 5.24. The fourth-order valence-electron chi connectivity index (χ4n) is 2.26. The second kappa shape index (κ2) is 7.21. The zero-order valence-electron chi connectivity index (χ0n) is 12.4. The number of pyridine rings is 1. The number of rotatable bonds is 5. The molecule has 1 aliphatic heterocycles. The van der Waals surface area contributed by atoms with Crippen molar-refractivity contribution >= 4 is 34.1 Å². The highest BCUT2D eigenvalue weighted by Gasteiger charge is 2.19. The van der Waals surface area contributed by atoms with Crippen LogP contribution in [0.15, 0.2) is 24.4 Å². The maximum atomic E-state index is 12.0. The SMILES string of the molecule is CN1CCc2nc(NC(=O)CSCc3ccccn3)sc2C1. The molecule has 3 heterocycles. The molecular formula is C15H18N4OS2. The van der Waals surface area contributed by atoms with Crippen LogP contribution in [0.4, 0.5) is 5.13 Å². The molecule has 5 nitrogen and oxygen atoms in total. The van der Waals surface area contributed by atoms with Crippen LogP contribution >= 0.6 is 23.1 Å². The number of thioether (sulfide) groups is 1. The topological polar surface area (TPSA) is 58.1 Å². The predicted molar refractivity (Wildman–Crippen MR) is 91.2 cm³/mol. The molecule has 7 heteroatoms. The van der Waals surface area contributed by atoms with Gasteiger partial charge in [-0.2, -0.15) is 0 Å². The van der Waals surface area contributed by atoms with Gasteiger partial charge in [0.15, 0.2) is 5.13 Å². The van der Waals surface area contributed by atoms with Crippen molar-refractivity contribution in [3.8, 4) is 0 Å². The fourth-order valence-corrected chi connectivity index (χ4v) is 4.11. The van der Waals surface area contributed by atoms with Crippen molar-refractivity contribution in [1.82, 2.24) is 14.9 Å². The van der Waals surface area contributed by atoms with Crippen LogP contribution < -0.4 is 5.32 Å². The summed E-state index contributed by atoms with van der Waals surface area (Å²) in [5.74, 6) is 1.16. The van der Waals surface area contributed by atoms with E-state index in [2.05, 4.69) is 27.2 Å². The summed E-state index contributed by atoms with van der Waals surface area (Å²) in [4.78, 5) is 24.3. The average molecular weight is 334 g/mol. The minimum atomic E-state index is 0.000354. The van der Waals surface area contributed by atoms with Gasteiger partial charge < -0.3 is 10.2 Å². The first kappa shape index (κ1) is 15.5. The van der Waals surface area contributed by atoms with Crippen molar-refractivity contribution in [2.45, 2.75) is 18.7 Å². The minimum absolute atomic E-state index is 0.000354. The third kappa shape index (κ3) is 4.06. The number of likely N-dealkylation sites (N-methyl/N-ethyl adjacent to an activating group) is 1. The van der Waals surface area contributed by atoms with E-state index in [9.17, 15) is 4.79 Å². The normalized spacial score (nSPS) is 14.6. The molecule has 116 valence electrons. The average Bonchev–Trinajstić information content (AvgIpc) is 2.89. The van der Waals surface area contributed by atoms with Crippen LogP contribution in [0.1, 0.15) is 16.3 Å². The largest absolute Gasteiger partial charge is 0.301 e. The molecule has 3 rings (SSSR count). The summed E-state index contributed by atoms with van der Waals surface area (Å²) in [6.45, 7) is 1.96. The van der Waals surface area contributed by atoms with E-state index in [4.69, 9.17) is 0 Å². The van der Waals surface area contributed by atoms with E-state index in [-0.39, 0.29) is 5.91 Å². The molecule has 2 aromatic rings. The molecule has 0 atom stereocenters. The fraction of sp³-hybridized carbons (Fsp3) is 0.400. The van der Waals surface area contributed by atoms with E-state index in [0.29, 0.717) is 5.75 Å². The summed E-state index contributed by atoms with van der Waals surface area (Å²) in [7, 11) is 2.11. The molecule has 0 aliphatic carbocycles. The standard InChI is InChI=1S/C15H18N4OS2/c1-19-7-5-12-13(8-19)22-15(17-12)18-14(20)10-21-9-11-4-2-3-6-16-11/h2-4,6H,5,7-10H2,1H3,(H,17,18,20). The van der Waals surface area contributed by atoms with E-state index in [1.165, 1.54) is 4.88 Å². The van der Waals surface area contributed by atoms with Crippen molar-refractivity contribution < 1.29 is 4.79 Å². The van der Waals surface area contributed by atoms with Crippen LogP contribution in [0.2, 0.25) is 0 Å². The van der Waals surface area contributed by atoms with E-state index in [1.54, 1.807) is 29.3 Å². The van der Waals surface area contributed by atoms with Gasteiger partial charge >= 0.3 is 0 Å². The summed E-state index contributed by atoms with van der Waals surface area (Å²) in [5.41, 5.74) is 2.13. The number of aromatic nitrogens is 2. The molecule has 0 fully saturated rings. The summed E-state index contributed by atoms with van der Waals surface area (Å²) >= 11 is 3.15. The zero-order chi connectivity index (χ0) is 15.4. The highest BCUT2D eigenvalue weighted by atomic mass is 32.2. The van der Waals surface area contributed by atoms with Gasteiger partial charge in [0.2, 0.25) is 5.91 Å². The molecule has 0 bridgehead atoms. The van der Waals surface area contributed by atoms with Crippen molar-refractivity contribution in [2.75, 3.05) is 24.7 Å². The molecule has 0 radical (unpaired) electrons. The highest BCUT2D eigenvalue weighted by Crippen LogP contribution is 2.27. The first-order chi connectivity index (χ1) is 10.7. The molecule has 1 amide bonds. The molecule has 0 saturated carbocycles. The zero-order valence-corrected chi connectivity index (χ0v) is 14.0. The van der Waals surface area contributed by atoms with Crippen molar-refractivity contribution in [3.63, 3.8) is 0 Å². The van der Waals surface area contributed by atoms with Gasteiger partial charge in [0.25, 0.3) is 0 Å². The monoisotopic (exact) mass is 334 g/mol. The Hall–Kier alpha value is -1.44. The van der Waals surface area contributed by atoms with Crippen molar-refractivity contribution in [1.29, 1.82) is 0 Å². The Labute approximate surface area is 138 Å². The highest BCUT2D eigenvalue weighted by molar-refractivity contribution is 7.99. The number of amides is 1. The van der Waals surface area contributed by atoms with Crippen molar-refractivity contribution in [3.05, 3.63) is 40.7 Å². The Morgan fingerprint density at radius 1 is 1.50 bits per heavy atom. The van der Waals surface area contributed by atoms with Gasteiger partial charge in [-0.25, -0.2) is 4.98 Å². The summed E-state index contributed by atoms with van der Waals surface area (Å²) in [6.07, 6.45) is 2.74. The van der Waals surface area contributed by atoms with E-state index in [1.807, 2.05) is 18.2 Å². The van der Waals surface area contributed by atoms with Crippen LogP contribution in [0, 0.1) is 0 Å². The molecule has 1 N–H and O–H groups in total. The lowest BCUT2D eigenvalue weighted by Crippen LogP contribution is -2.25. The van der Waals surface area contributed by atoms with Gasteiger partial charge in [0.1, 0.15) is 0 Å². The maximum Gasteiger partial charge on any atom is 0.236 e. The molecular weight excluding hydrogens is 316 g/mol. The third-order valence-electron chi connectivity index (χ3n) is 3.38.